The summed E-state index contributed by atoms with van der Waals surface area (Å²) in [7, 11) is 1.02. The van der Waals surface area contributed by atoms with Gasteiger partial charge in [-0.05, 0) is 31.8 Å². The van der Waals surface area contributed by atoms with E-state index in [1.54, 1.807) is 7.11 Å². The topological polar surface area (TPSA) is 38.3 Å². The summed E-state index contributed by atoms with van der Waals surface area (Å²) in [5, 5.41) is 3.35. The molecule has 0 aromatic rings. The quantitative estimate of drug-likeness (QED) is 0.582. The minimum absolute atomic E-state index is 0.656. The highest BCUT2D eigenvalue weighted by molar-refractivity contribution is 7.84. The number of methoxy groups -OCH3 is 1. The molecule has 0 aromatic carbocycles. The van der Waals surface area contributed by atoms with Crippen molar-refractivity contribution in [2.75, 3.05) is 38.3 Å². The van der Waals surface area contributed by atoms with E-state index in [1.807, 2.05) is 0 Å². The number of hydrogen-bond acceptors (Lipinski definition) is 3. The van der Waals surface area contributed by atoms with Crippen LogP contribution < -0.4 is 5.32 Å². The van der Waals surface area contributed by atoms with Crippen molar-refractivity contribution in [1.82, 2.24) is 5.32 Å². The summed E-state index contributed by atoms with van der Waals surface area (Å²) < 4.78 is 16.4. The van der Waals surface area contributed by atoms with Gasteiger partial charge in [0.15, 0.2) is 0 Å². The first-order valence-electron chi connectivity index (χ1n) is 5.71. The third-order valence-electron chi connectivity index (χ3n) is 2.00. The summed E-state index contributed by atoms with van der Waals surface area (Å²) in [6, 6.07) is 0. The second-order valence-corrected chi connectivity index (χ2v) is 5.84. The largest absolute Gasteiger partial charge is 0.385 e. The number of ether oxygens (including phenoxy) is 1. The highest BCUT2D eigenvalue weighted by atomic mass is 32.2. The lowest BCUT2D eigenvalue weighted by molar-refractivity contribution is 0.200. The van der Waals surface area contributed by atoms with Crippen LogP contribution in [0.4, 0.5) is 0 Å². The molecule has 1 atom stereocenters. The van der Waals surface area contributed by atoms with Gasteiger partial charge in [-0.15, -0.1) is 0 Å². The van der Waals surface area contributed by atoms with Gasteiger partial charge >= 0.3 is 0 Å². The summed E-state index contributed by atoms with van der Waals surface area (Å²) >= 11 is 0. The molecule has 4 heteroatoms. The number of rotatable bonds is 10. The Bertz CT molecular complexity index is 163. The Hall–Kier alpha value is 0.0700. The SMILES string of the molecule is COCCCS(=O)CCCNCC(C)C. The maximum Gasteiger partial charge on any atom is 0.0471 e. The van der Waals surface area contributed by atoms with E-state index in [-0.39, 0.29) is 0 Å². The van der Waals surface area contributed by atoms with Crippen LogP contribution in [0.15, 0.2) is 0 Å². The van der Waals surface area contributed by atoms with Gasteiger partial charge in [0.05, 0.1) is 0 Å². The number of hydrogen-bond donors (Lipinski definition) is 1. The average Bonchev–Trinajstić information content (AvgIpc) is 2.17. The van der Waals surface area contributed by atoms with Crippen molar-refractivity contribution in [2.45, 2.75) is 26.7 Å². The number of nitrogens with one attached hydrogen (secondary N) is 1. The molecule has 0 rings (SSSR count). The molecule has 0 aliphatic rings. The fourth-order valence-corrected chi connectivity index (χ4v) is 2.33. The van der Waals surface area contributed by atoms with Crippen molar-refractivity contribution in [1.29, 1.82) is 0 Å². The van der Waals surface area contributed by atoms with Gasteiger partial charge in [-0.3, -0.25) is 4.21 Å². The van der Waals surface area contributed by atoms with E-state index in [4.69, 9.17) is 4.74 Å². The maximum absolute atomic E-state index is 11.4. The van der Waals surface area contributed by atoms with Crippen molar-refractivity contribution in [3.05, 3.63) is 0 Å². The second-order valence-electron chi connectivity index (χ2n) is 4.15. The van der Waals surface area contributed by atoms with Gasteiger partial charge in [0, 0.05) is 36.0 Å². The van der Waals surface area contributed by atoms with Crippen LogP contribution in [0.5, 0.6) is 0 Å². The van der Waals surface area contributed by atoms with Crippen LogP contribution >= 0.6 is 0 Å². The average molecular weight is 235 g/mol. The smallest absolute Gasteiger partial charge is 0.0471 e. The van der Waals surface area contributed by atoms with Crippen LogP contribution in [-0.4, -0.2) is 42.5 Å². The summed E-state index contributed by atoms with van der Waals surface area (Å²) in [6.45, 7) is 7.13. The summed E-state index contributed by atoms with van der Waals surface area (Å²) in [5.41, 5.74) is 0. The van der Waals surface area contributed by atoms with Crippen molar-refractivity contribution in [3.63, 3.8) is 0 Å². The zero-order chi connectivity index (χ0) is 11.5. The first-order valence-corrected chi connectivity index (χ1v) is 7.20. The Morgan fingerprint density at radius 1 is 1.27 bits per heavy atom. The monoisotopic (exact) mass is 235 g/mol. The Kier molecular flexibility index (Phi) is 10.6. The third-order valence-corrected chi connectivity index (χ3v) is 3.49. The van der Waals surface area contributed by atoms with Crippen LogP contribution in [0.1, 0.15) is 26.7 Å². The molecule has 0 fully saturated rings. The van der Waals surface area contributed by atoms with Crippen LogP contribution in [0, 0.1) is 5.92 Å². The predicted molar refractivity (Wildman–Crippen MR) is 66.7 cm³/mol. The van der Waals surface area contributed by atoms with E-state index in [2.05, 4.69) is 19.2 Å². The summed E-state index contributed by atoms with van der Waals surface area (Å²) in [4.78, 5) is 0. The fourth-order valence-electron chi connectivity index (χ4n) is 1.22. The van der Waals surface area contributed by atoms with Crippen molar-refractivity contribution < 1.29 is 8.95 Å². The molecule has 0 bridgehead atoms. The van der Waals surface area contributed by atoms with Crippen LogP contribution in [-0.2, 0) is 15.5 Å². The first kappa shape index (κ1) is 15.1. The standard InChI is InChI=1S/C11H25NO2S/c1-11(2)10-12-6-4-8-15(13)9-5-7-14-3/h11-12H,4-10H2,1-3H3. The van der Waals surface area contributed by atoms with Crippen LogP contribution in [0.25, 0.3) is 0 Å². The fraction of sp³-hybridized carbons (Fsp3) is 1.00. The molecule has 0 amide bonds. The van der Waals surface area contributed by atoms with Gasteiger partial charge in [0.25, 0.3) is 0 Å². The molecule has 3 nitrogen and oxygen atoms in total. The van der Waals surface area contributed by atoms with Crippen molar-refractivity contribution in [2.24, 2.45) is 5.92 Å². The molecule has 0 aliphatic heterocycles. The van der Waals surface area contributed by atoms with Crippen molar-refractivity contribution in [3.8, 4) is 0 Å². The van der Waals surface area contributed by atoms with E-state index < -0.39 is 10.8 Å². The molecular formula is C11H25NO2S. The lowest BCUT2D eigenvalue weighted by Gasteiger charge is -2.06. The van der Waals surface area contributed by atoms with E-state index >= 15 is 0 Å². The van der Waals surface area contributed by atoms with Gasteiger partial charge in [-0.25, -0.2) is 0 Å². The maximum atomic E-state index is 11.4. The van der Waals surface area contributed by atoms with E-state index in [9.17, 15) is 4.21 Å². The minimum Gasteiger partial charge on any atom is -0.385 e. The van der Waals surface area contributed by atoms with E-state index in [1.165, 1.54) is 0 Å². The Morgan fingerprint density at radius 2 is 1.93 bits per heavy atom. The Balaban J connectivity index is 3.17. The first-order chi connectivity index (χ1) is 7.16. The molecule has 0 spiro atoms. The summed E-state index contributed by atoms with van der Waals surface area (Å²) in [6.07, 6.45) is 1.91. The molecule has 1 unspecified atom stereocenters. The van der Waals surface area contributed by atoms with E-state index in [0.29, 0.717) is 5.92 Å². The lowest BCUT2D eigenvalue weighted by Crippen LogP contribution is -2.22. The second kappa shape index (κ2) is 10.6. The highest BCUT2D eigenvalue weighted by Gasteiger charge is 1.99. The molecule has 0 heterocycles. The Morgan fingerprint density at radius 3 is 2.53 bits per heavy atom. The molecule has 15 heavy (non-hydrogen) atoms. The van der Waals surface area contributed by atoms with Crippen LogP contribution in [0.3, 0.4) is 0 Å². The molecular weight excluding hydrogens is 210 g/mol. The van der Waals surface area contributed by atoms with E-state index in [0.717, 1.165) is 44.0 Å². The molecule has 92 valence electrons. The Labute approximate surface area is 96.4 Å². The molecule has 0 saturated heterocycles. The predicted octanol–water partition coefficient (Wildman–Crippen LogP) is 1.41. The van der Waals surface area contributed by atoms with Gasteiger partial charge in [-0.2, -0.15) is 0 Å². The molecule has 0 aliphatic carbocycles. The molecule has 1 N–H and O–H groups in total. The highest BCUT2D eigenvalue weighted by Crippen LogP contribution is 1.92. The van der Waals surface area contributed by atoms with Crippen LogP contribution in [0.2, 0.25) is 0 Å². The van der Waals surface area contributed by atoms with Gasteiger partial charge in [0.1, 0.15) is 0 Å². The molecule has 0 radical (unpaired) electrons. The molecule has 0 saturated carbocycles. The van der Waals surface area contributed by atoms with Crippen molar-refractivity contribution >= 4 is 10.8 Å². The van der Waals surface area contributed by atoms with Gasteiger partial charge in [0.2, 0.25) is 0 Å². The zero-order valence-corrected chi connectivity index (χ0v) is 11.1. The normalized spacial score (nSPS) is 13.3. The molecule has 0 aromatic heterocycles. The van der Waals surface area contributed by atoms with Gasteiger partial charge < -0.3 is 10.1 Å². The minimum atomic E-state index is -0.656. The lowest BCUT2D eigenvalue weighted by atomic mass is 10.2. The zero-order valence-electron chi connectivity index (χ0n) is 10.3. The van der Waals surface area contributed by atoms with Gasteiger partial charge in [-0.1, -0.05) is 13.8 Å². The third kappa shape index (κ3) is 12.0. The summed E-state index contributed by atoms with van der Waals surface area (Å²) in [5.74, 6) is 2.28.